The van der Waals surface area contributed by atoms with Crippen LogP contribution in [0.2, 0.25) is 0 Å². The lowest BCUT2D eigenvalue weighted by Crippen LogP contribution is -2.46. The van der Waals surface area contributed by atoms with E-state index >= 15 is 0 Å². The van der Waals surface area contributed by atoms with Crippen LogP contribution in [0.4, 0.5) is 26.3 Å². The molecular weight excluding hydrogens is 229 g/mol. The number of alkyl halides is 6. The first-order chi connectivity index (χ1) is 5.44. The monoisotopic (exact) mass is 232 g/mol. The van der Waals surface area contributed by atoms with E-state index in [1.165, 1.54) is 0 Å². The van der Waals surface area contributed by atoms with Crippen molar-refractivity contribution >= 4 is 7.60 Å². The van der Waals surface area contributed by atoms with E-state index in [0.717, 1.165) is 0 Å². The second-order valence-corrected chi connectivity index (χ2v) is 3.75. The van der Waals surface area contributed by atoms with Gasteiger partial charge in [-0.1, -0.05) is 0 Å². The minimum absolute atomic E-state index is 4.84. The van der Waals surface area contributed by atoms with Crippen molar-refractivity contribution in [1.29, 1.82) is 0 Å². The Labute approximate surface area is 67.5 Å². The SMILES string of the molecule is O=P(O)(O)C(F)(C(F)F)C(F)(F)F. The average Bonchev–Trinajstić information content (AvgIpc) is 1.80. The summed E-state index contributed by atoms with van der Waals surface area (Å²) in [7, 11) is -6.61. The van der Waals surface area contributed by atoms with Crippen LogP contribution in [0, 0.1) is 0 Å². The molecule has 0 heterocycles. The molecule has 0 aromatic rings. The molecular formula is C3H3F6O3P. The summed E-state index contributed by atoms with van der Waals surface area (Å²) in [5, 5.41) is -5.79. The van der Waals surface area contributed by atoms with Crippen molar-refractivity contribution in [2.24, 2.45) is 0 Å². The van der Waals surface area contributed by atoms with Gasteiger partial charge in [0.05, 0.1) is 0 Å². The summed E-state index contributed by atoms with van der Waals surface area (Å²) in [6, 6.07) is 0. The topological polar surface area (TPSA) is 57.5 Å². The van der Waals surface area contributed by atoms with Crippen molar-refractivity contribution in [3.05, 3.63) is 0 Å². The highest BCUT2D eigenvalue weighted by atomic mass is 31.2. The van der Waals surface area contributed by atoms with E-state index in [9.17, 15) is 30.9 Å². The fourth-order valence-corrected chi connectivity index (χ4v) is 1.00. The Balaban J connectivity index is 5.36. The molecule has 0 rings (SSSR count). The fourth-order valence-electron chi connectivity index (χ4n) is 0.416. The predicted molar refractivity (Wildman–Crippen MR) is 27.9 cm³/mol. The van der Waals surface area contributed by atoms with Crippen LogP contribution in [0.3, 0.4) is 0 Å². The molecule has 0 aromatic carbocycles. The molecule has 0 spiro atoms. The Kier molecular flexibility index (Phi) is 3.08. The lowest BCUT2D eigenvalue weighted by molar-refractivity contribution is -0.237. The third kappa shape index (κ3) is 1.97. The van der Waals surface area contributed by atoms with Gasteiger partial charge in [-0.2, -0.15) is 13.2 Å². The predicted octanol–water partition coefficient (Wildman–Crippen LogP) is 1.66. The maximum Gasteiger partial charge on any atom is 0.440 e. The van der Waals surface area contributed by atoms with Gasteiger partial charge in [-0.15, -0.1) is 0 Å². The maximum absolute atomic E-state index is 12.3. The summed E-state index contributed by atoms with van der Waals surface area (Å²) < 4.78 is 79.6. The highest BCUT2D eigenvalue weighted by molar-refractivity contribution is 7.53. The van der Waals surface area contributed by atoms with E-state index in [4.69, 9.17) is 9.79 Å². The molecule has 2 N–H and O–H groups in total. The largest absolute Gasteiger partial charge is 0.440 e. The summed E-state index contributed by atoms with van der Waals surface area (Å²) in [5.41, 5.74) is 0. The zero-order chi connectivity index (χ0) is 11.1. The maximum atomic E-state index is 12.3. The quantitative estimate of drug-likeness (QED) is 0.562. The molecule has 0 fully saturated rings. The number of rotatable bonds is 2. The van der Waals surface area contributed by atoms with Crippen molar-refractivity contribution in [2.45, 2.75) is 18.0 Å². The standard InChI is InChI=1S/C3H3F6O3P/c4-1(5)2(6,3(7,8)9)13(10,11)12/h1H,(H2,10,11,12). The van der Waals surface area contributed by atoms with Crippen molar-refractivity contribution in [3.8, 4) is 0 Å². The number of halogens is 6. The van der Waals surface area contributed by atoms with Crippen LogP contribution < -0.4 is 0 Å². The third-order valence-corrected chi connectivity index (χ3v) is 2.41. The van der Waals surface area contributed by atoms with Crippen LogP contribution in [-0.2, 0) is 4.57 Å². The normalized spacial score (nSPS) is 18.8. The Hall–Kier alpha value is -0.270. The summed E-state index contributed by atoms with van der Waals surface area (Å²) in [4.78, 5) is 15.6. The lowest BCUT2D eigenvalue weighted by atomic mass is 10.4. The van der Waals surface area contributed by atoms with Gasteiger partial charge in [0.1, 0.15) is 0 Å². The number of hydrogen-bond acceptors (Lipinski definition) is 1. The Morgan fingerprint density at radius 2 is 1.38 bits per heavy atom. The molecule has 80 valence electrons. The van der Waals surface area contributed by atoms with Crippen LogP contribution in [0.5, 0.6) is 0 Å². The minimum atomic E-state index is -6.61. The summed E-state index contributed by atoms with van der Waals surface area (Å²) >= 11 is 0. The van der Waals surface area contributed by atoms with E-state index in [1.807, 2.05) is 0 Å². The van der Waals surface area contributed by atoms with Gasteiger partial charge >= 0.3 is 19.2 Å². The van der Waals surface area contributed by atoms with Crippen LogP contribution in [-0.4, -0.2) is 27.8 Å². The van der Waals surface area contributed by atoms with Gasteiger partial charge < -0.3 is 9.79 Å². The molecule has 0 saturated carbocycles. The molecule has 10 heteroatoms. The molecule has 0 amide bonds. The third-order valence-electron chi connectivity index (χ3n) is 1.11. The van der Waals surface area contributed by atoms with Crippen LogP contribution in [0.25, 0.3) is 0 Å². The molecule has 1 unspecified atom stereocenters. The molecule has 0 aliphatic rings. The molecule has 0 radical (unpaired) electrons. The van der Waals surface area contributed by atoms with E-state index in [1.54, 1.807) is 0 Å². The van der Waals surface area contributed by atoms with Gasteiger partial charge in [0, 0.05) is 0 Å². The first-order valence-corrected chi connectivity index (χ1v) is 4.15. The second kappa shape index (κ2) is 3.14. The zero-order valence-electron chi connectivity index (χ0n) is 5.60. The number of hydrogen-bond donors (Lipinski definition) is 2. The molecule has 0 bridgehead atoms. The summed E-state index contributed by atoms with van der Waals surface area (Å²) in [5.74, 6) is 0. The lowest BCUT2D eigenvalue weighted by Gasteiger charge is -2.27. The van der Waals surface area contributed by atoms with E-state index in [2.05, 4.69) is 0 Å². The molecule has 1 atom stereocenters. The zero-order valence-corrected chi connectivity index (χ0v) is 6.49. The summed E-state index contributed by atoms with van der Waals surface area (Å²) in [6.45, 7) is 0. The Morgan fingerprint density at radius 3 is 1.38 bits per heavy atom. The fraction of sp³-hybridized carbons (Fsp3) is 1.00. The van der Waals surface area contributed by atoms with Gasteiger partial charge in [-0.25, -0.2) is 13.2 Å². The minimum Gasteiger partial charge on any atom is -0.322 e. The average molecular weight is 232 g/mol. The van der Waals surface area contributed by atoms with Crippen molar-refractivity contribution in [2.75, 3.05) is 0 Å². The van der Waals surface area contributed by atoms with E-state index in [-0.39, 0.29) is 0 Å². The molecule has 13 heavy (non-hydrogen) atoms. The van der Waals surface area contributed by atoms with E-state index in [0.29, 0.717) is 0 Å². The smallest absolute Gasteiger partial charge is 0.322 e. The van der Waals surface area contributed by atoms with Crippen molar-refractivity contribution in [1.82, 2.24) is 0 Å². The molecule has 0 saturated heterocycles. The van der Waals surface area contributed by atoms with Crippen molar-refractivity contribution in [3.63, 3.8) is 0 Å². The van der Waals surface area contributed by atoms with Gasteiger partial charge in [-0.3, -0.25) is 4.57 Å². The first-order valence-electron chi connectivity index (χ1n) is 2.54. The van der Waals surface area contributed by atoms with Gasteiger partial charge in [-0.05, 0) is 0 Å². The van der Waals surface area contributed by atoms with Gasteiger partial charge in [0.25, 0.3) is 6.43 Å². The van der Waals surface area contributed by atoms with Crippen LogP contribution >= 0.6 is 7.60 Å². The second-order valence-electron chi connectivity index (χ2n) is 2.02. The molecule has 0 aliphatic carbocycles. The van der Waals surface area contributed by atoms with Crippen LogP contribution in [0.15, 0.2) is 0 Å². The molecule has 0 aromatic heterocycles. The van der Waals surface area contributed by atoms with Gasteiger partial charge in [0.15, 0.2) is 0 Å². The first kappa shape index (κ1) is 12.7. The summed E-state index contributed by atoms with van der Waals surface area (Å²) in [6.07, 6.45) is -11.2. The highest BCUT2D eigenvalue weighted by Crippen LogP contribution is 2.62. The Bertz CT molecular complexity index is 232. The highest BCUT2D eigenvalue weighted by Gasteiger charge is 2.73. The molecule has 0 aliphatic heterocycles. The van der Waals surface area contributed by atoms with Crippen LogP contribution in [0.1, 0.15) is 0 Å². The van der Waals surface area contributed by atoms with E-state index < -0.39 is 25.6 Å². The Morgan fingerprint density at radius 1 is 1.08 bits per heavy atom. The molecule has 3 nitrogen and oxygen atoms in total. The van der Waals surface area contributed by atoms with Crippen molar-refractivity contribution < 1.29 is 40.7 Å². The van der Waals surface area contributed by atoms with Gasteiger partial charge in [0.2, 0.25) is 0 Å².